The average molecular weight is 443 g/mol. The molecule has 0 spiro atoms. The molecular weight excluding hydrogens is 422 g/mol. The molecule has 0 radical (unpaired) electrons. The van der Waals surface area contributed by atoms with E-state index in [1.54, 1.807) is 79.7 Å². The van der Waals surface area contributed by atoms with Crippen molar-refractivity contribution in [2.45, 2.75) is 6.92 Å². The van der Waals surface area contributed by atoms with E-state index in [4.69, 9.17) is 9.47 Å². The molecule has 4 rings (SSSR count). The number of para-hydroxylation sites is 1. The van der Waals surface area contributed by atoms with Crippen LogP contribution in [0.25, 0.3) is 16.5 Å². The van der Waals surface area contributed by atoms with Gasteiger partial charge in [-0.1, -0.05) is 36.4 Å². The Morgan fingerprint density at radius 3 is 2.45 bits per heavy atom. The molecule has 8 nitrogen and oxygen atoms in total. The number of fused-ring (bicyclic) bond motifs is 1. The molecule has 1 heterocycles. The van der Waals surface area contributed by atoms with E-state index in [-0.39, 0.29) is 29.1 Å². The lowest BCUT2D eigenvalue weighted by molar-refractivity contribution is 0.0527. The molecule has 8 heteroatoms. The number of methoxy groups -OCH3 is 1. The normalized spacial score (nSPS) is 10.6. The van der Waals surface area contributed by atoms with Gasteiger partial charge < -0.3 is 14.8 Å². The molecule has 1 amide bonds. The standard InChI is InChI=1S/C25H21N3O5/c1-3-33-25(31)20-13-6-7-14-21(20)26-23(29)22-18-11-4-5-12-19(18)24(30)28(27-22)16-9-8-10-17(15-16)32-2/h4-15H,3H2,1-2H3,(H,26,29). The number of carbonyl (C=O) groups excluding carboxylic acids is 2. The zero-order valence-electron chi connectivity index (χ0n) is 18.1. The summed E-state index contributed by atoms with van der Waals surface area (Å²) in [5.41, 5.74) is 0.615. The van der Waals surface area contributed by atoms with E-state index < -0.39 is 11.9 Å². The molecule has 1 aromatic heterocycles. The van der Waals surface area contributed by atoms with Gasteiger partial charge in [0.2, 0.25) is 0 Å². The summed E-state index contributed by atoms with van der Waals surface area (Å²) in [6.45, 7) is 1.91. The Labute approximate surface area is 189 Å². The number of rotatable bonds is 6. The van der Waals surface area contributed by atoms with Crippen molar-refractivity contribution in [2.75, 3.05) is 19.0 Å². The van der Waals surface area contributed by atoms with E-state index in [2.05, 4.69) is 10.4 Å². The summed E-state index contributed by atoms with van der Waals surface area (Å²) in [5, 5.41) is 7.84. The molecule has 0 fully saturated rings. The van der Waals surface area contributed by atoms with Gasteiger partial charge in [0.05, 0.1) is 36.0 Å². The first-order valence-corrected chi connectivity index (χ1v) is 10.3. The smallest absolute Gasteiger partial charge is 0.340 e. The number of amides is 1. The van der Waals surface area contributed by atoms with E-state index in [9.17, 15) is 14.4 Å². The quantitative estimate of drug-likeness (QED) is 0.455. The first-order valence-electron chi connectivity index (χ1n) is 10.3. The fourth-order valence-corrected chi connectivity index (χ4v) is 3.43. The lowest BCUT2D eigenvalue weighted by Crippen LogP contribution is -2.27. The van der Waals surface area contributed by atoms with Gasteiger partial charge in [0.15, 0.2) is 5.69 Å². The maximum Gasteiger partial charge on any atom is 0.340 e. The van der Waals surface area contributed by atoms with Gasteiger partial charge in [-0.25, -0.2) is 4.79 Å². The Morgan fingerprint density at radius 2 is 1.70 bits per heavy atom. The maximum atomic E-state index is 13.3. The molecule has 0 saturated carbocycles. The average Bonchev–Trinajstić information content (AvgIpc) is 2.85. The third-order valence-electron chi connectivity index (χ3n) is 4.99. The highest BCUT2D eigenvalue weighted by Crippen LogP contribution is 2.21. The molecular formula is C25H21N3O5. The topological polar surface area (TPSA) is 99.5 Å². The Morgan fingerprint density at radius 1 is 0.970 bits per heavy atom. The van der Waals surface area contributed by atoms with Gasteiger partial charge in [-0.15, -0.1) is 0 Å². The predicted molar refractivity (Wildman–Crippen MR) is 124 cm³/mol. The van der Waals surface area contributed by atoms with Gasteiger partial charge in [-0.05, 0) is 37.3 Å². The number of esters is 1. The van der Waals surface area contributed by atoms with Crippen LogP contribution in [-0.2, 0) is 4.74 Å². The molecule has 0 unspecified atom stereocenters. The van der Waals surface area contributed by atoms with Crippen LogP contribution >= 0.6 is 0 Å². The number of aromatic nitrogens is 2. The van der Waals surface area contributed by atoms with E-state index in [0.717, 1.165) is 4.68 Å². The van der Waals surface area contributed by atoms with Gasteiger partial charge in [-0.3, -0.25) is 9.59 Å². The van der Waals surface area contributed by atoms with Crippen LogP contribution in [0.1, 0.15) is 27.8 Å². The van der Waals surface area contributed by atoms with Crippen LogP contribution in [0.15, 0.2) is 77.6 Å². The van der Waals surface area contributed by atoms with Crippen molar-refractivity contribution < 1.29 is 19.1 Å². The number of nitrogens with one attached hydrogen (secondary N) is 1. The lowest BCUT2D eigenvalue weighted by atomic mass is 10.1. The van der Waals surface area contributed by atoms with Gasteiger partial charge >= 0.3 is 5.97 Å². The van der Waals surface area contributed by atoms with Crippen molar-refractivity contribution >= 4 is 28.3 Å². The van der Waals surface area contributed by atoms with Crippen molar-refractivity contribution in [3.8, 4) is 11.4 Å². The molecule has 33 heavy (non-hydrogen) atoms. The summed E-state index contributed by atoms with van der Waals surface area (Å²) in [7, 11) is 1.52. The lowest BCUT2D eigenvalue weighted by Gasteiger charge is -2.13. The van der Waals surface area contributed by atoms with E-state index >= 15 is 0 Å². The van der Waals surface area contributed by atoms with Crippen LogP contribution in [0.5, 0.6) is 5.75 Å². The molecule has 0 aliphatic carbocycles. The number of ether oxygens (including phenoxy) is 2. The molecule has 166 valence electrons. The zero-order chi connectivity index (χ0) is 23.4. The van der Waals surface area contributed by atoms with Crippen LogP contribution in [0.3, 0.4) is 0 Å². The summed E-state index contributed by atoms with van der Waals surface area (Å²) < 4.78 is 11.5. The van der Waals surface area contributed by atoms with Crippen molar-refractivity contribution in [2.24, 2.45) is 0 Å². The Kier molecular flexibility index (Phi) is 6.17. The van der Waals surface area contributed by atoms with Gasteiger partial charge in [0, 0.05) is 11.5 Å². The minimum absolute atomic E-state index is 0.0340. The minimum Gasteiger partial charge on any atom is -0.497 e. The molecule has 1 N–H and O–H groups in total. The number of carbonyl (C=O) groups is 2. The zero-order valence-corrected chi connectivity index (χ0v) is 18.1. The first-order chi connectivity index (χ1) is 16.0. The molecule has 0 atom stereocenters. The minimum atomic E-state index is -0.570. The summed E-state index contributed by atoms with van der Waals surface area (Å²) >= 11 is 0. The highest BCUT2D eigenvalue weighted by molar-refractivity contribution is 6.13. The molecule has 0 aliphatic rings. The van der Waals surface area contributed by atoms with Gasteiger partial charge in [-0.2, -0.15) is 9.78 Å². The van der Waals surface area contributed by atoms with Crippen molar-refractivity contribution in [1.29, 1.82) is 0 Å². The predicted octanol–water partition coefficient (Wildman–Crippen LogP) is 3.82. The molecule has 0 saturated heterocycles. The Balaban J connectivity index is 1.83. The Hall–Kier alpha value is -4.46. The Bertz CT molecular complexity index is 1410. The van der Waals surface area contributed by atoms with Crippen LogP contribution in [0, 0.1) is 0 Å². The fourth-order valence-electron chi connectivity index (χ4n) is 3.43. The highest BCUT2D eigenvalue weighted by atomic mass is 16.5. The van der Waals surface area contributed by atoms with E-state index in [1.165, 1.54) is 7.11 Å². The van der Waals surface area contributed by atoms with Crippen molar-refractivity contribution in [1.82, 2.24) is 9.78 Å². The van der Waals surface area contributed by atoms with Gasteiger partial charge in [0.25, 0.3) is 11.5 Å². The third kappa shape index (κ3) is 4.31. The van der Waals surface area contributed by atoms with Crippen molar-refractivity contribution in [3.63, 3.8) is 0 Å². The summed E-state index contributed by atoms with van der Waals surface area (Å²) in [6, 6.07) is 20.1. The van der Waals surface area contributed by atoms with Crippen LogP contribution < -0.4 is 15.6 Å². The number of nitrogens with zero attached hydrogens (tertiary/aromatic N) is 2. The van der Waals surface area contributed by atoms with Gasteiger partial charge in [0.1, 0.15) is 5.75 Å². The first kappa shape index (κ1) is 21.8. The second-order valence-corrected chi connectivity index (χ2v) is 7.03. The third-order valence-corrected chi connectivity index (χ3v) is 4.99. The van der Waals surface area contributed by atoms with Crippen LogP contribution in [0.4, 0.5) is 5.69 Å². The van der Waals surface area contributed by atoms with Crippen LogP contribution in [0.2, 0.25) is 0 Å². The van der Waals surface area contributed by atoms with E-state index in [1.807, 2.05) is 0 Å². The number of hydrogen-bond donors (Lipinski definition) is 1. The molecule has 3 aromatic carbocycles. The summed E-state index contributed by atoms with van der Waals surface area (Å²) in [4.78, 5) is 38.8. The molecule has 0 aliphatic heterocycles. The summed E-state index contributed by atoms with van der Waals surface area (Å²) in [6.07, 6.45) is 0. The SMILES string of the molecule is CCOC(=O)c1ccccc1NC(=O)c1nn(-c2cccc(OC)c2)c(=O)c2ccccc12. The van der Waals surface area contributed by atoms with Crippen molar-refractivity contribution in [3.05, 3.63) is 94.4 Å². The maximum absolute atomic E-state index is 13.3. The molecule has 4 aromatic rings. The summed E-state index contributed by atoms with van der Waals surface area (Å²) in [5.74, 6) is -0.573. The number of benzene rings is 3. The van der Waals surface area contributed by atoms with Crippen LogP contribution in [-0.4, -0.2) is 35.4 Å². The molecule has 0 bridgehead atoms. The van der Waals surface area contributed by atoms with E-state index in [0.29, 0.717) is 22.2 Å². The fraction of sp³-hybridized carbons (Fsp3) is 0.120. The highest BCUT2D eigenvalue weighted by Gasteiger charge is 2.20. The monoisotopic (exact) mass is 443 g/mol. The second kappa shape index (κ2) is 9.35. The number of anilines is 1. The number of hydrogen-bond acceptors (Lipinski definition) is 6. The largest absolute Gasteiger partial charge is 0.497 e. The second-order valence-electron chi connectivity index (χ2n) is 7.03.